The van der Waals surface area contributed by atoms with Crippen LogP contribution in [0.2, 0.25) is 0 Å². The number of para-hydroxylation sites is 1. The lowest BCUT2D eigenvalue weighted by atomic mass is 10.2. The van der Waals surface area contributed by atoms with E-state index >= 15 is 0 Å². The maximum Gasteiger partial charge on any atom is 0.266 e. The highest BCUT2D eigenvalue weighted by molar-refractivity contribution is 7.98. The van der Waals surface area contributed by atoms with E-state index in [-0.39, 0.29) is 11.3 Å². The topological polar surface area (TPSA) is 53.4 Å². The van der Waals surface area contributed by atoms with Crippen LogP contribution in [0.3, 0.4) is 0 Å². The van der Waals surface area contributed by atoms with Crippen LogP contribution in [0.4, 0.5) is 4.39 Å². The van der Waals surface area contributed by atoms with Gasteiger partial charge in [0.15, 0.2) is 16.7 Å². The predicted octanol–water partition coefficient (Wildman–Crippen LogP) is 4.83. The first kappa shape index (κ1) is 20.0. The highest BCUT2D eigenvalue weighted by Crippen LogP contribution is 2.27. The number of nitrogens with zero attached hydrogens (tertiary/aromatic N) is 2. The number of ether oxygens (including phenoxy) is 2. The van der Waals surface area contributed by atoms with Gasteiger partial charge in [0.25, 0.3) is 5.56 Å². The lowest BCUT2D eigenvalue weighted by molar-refractivity contribution is 0.386. The number of rotatable bonds is 6. The van der Waals surface area contributed by atoms with Crippen LogP contribution in [-0.2, 0) is 5.75 Å². The van der Waals surface area contributed by atoms with Crippen molar-refractivity contribution >= 4 is 22.7 Å². The summed E-state index contributed by atoms with van der Waals surface area (Å²) in [6, 6.07) is 19.3. The summed E-state index contributed by atoms with van der Waals surface area (Å²) in [6.45, 7) is 0. The van der Waals surface area contributed by atoms with Crippen LogP contribution in [-0.4, -0.2) is 23.8 Å². The number of fused-ring (bicyclic) bond motifs is 1. The van der Waals surface area contributed by atoms with E-state index in [1.165, 1.54) is 24.9 Å². The molecule has 0 spiro atoms. The quantitative estimate of drug-likeness (QED) is 0.329. The highest BCUT2D eigenvalue weighted by Gasteiger charge is 2.14. The standard InChI is InChI=1S/C23H19FN2O3S/c1-28-17-10-8-16(9-11-17)26-22(27)18-5-3-4-6-20(18)25-23(26)30-14-15-7-12-21(29-2)19(24)13-15/h3-13H,14H2,1-2H3. The van der Waals surface area contributed by atoms with E-state index in [4.69, 9.17) is 14.5 Å². The van der Waals surface area contributed by atoms with E-state index in [0.29, 0.717) is 33.2 Å². The van der Waals surface area contributed by atoms with Crippen LogP contribution in [0.1, 0.15) is 5.56 Å². The second kappa shape index (κ2) is 8.59. The smallest absolute Gasteiger partial charge is 0.266 e. The minimum absolute atomic E-state index is 0.158. The molecule has 1 aromatic heterocycles. The zero-order chi connectivity index (χ0) is 21.1. The SMILES string of the molecule is COc1ccc(-n2c(SCc3ccc(OC)c(F)c3)nc3ccccc3c2=O)cc1. The lowest BCUT2D eigenvalue weighted by Crippen LogP contribution is -2.21. The van der Waals surface area contributed by atoms with Gasteiger partial charge in [-0.15, -0.1) is 0 Å². The molecule has 7 heteroatoms. The molecule has 0 bridgehead atoms. The summed E-state index contributed by atoms with van der Waals surface area (Å²) in [7, 11) is 3.02. The molecule has 5 nitrogen and oxygen atoms in total. The summed E-state index contributed by atoms with van der Waals surface area (Å²) in [6.07, 6.45) is 0. The van der Waals surface area contributed by atoms with Gasteiger partial charge in [0, 0.05) is 5.75 Å². The van der Waals surface area contributed by atoms with Crippen molar-refractivity contribution in [2.24, 2.45) is 0 Å². The van der Waals surface area contributed by atoms with E-state index in [1.807, 2.05) is 30.3 Å². The number of halogens is 1. The molecule has 0 aliphatic heterocycles. The summed E-state index contributed by atoms with van der Waals surface area (Å²) >= 11 is 1.37. The molecule has 0 radical (unpaired) electrons. The van der Waals surface area contributed by atoms with Crippen molar-refractivity contribution < 1.29 is 13.9 Å². The number of benzene rings is 3. The largest absolute Gasteiger partial charge is 0.497 e. The molecule has 0 fully saturated rings. The summed E-state index contributed by atoms with van der Waals surface area (Å²) in [5.41, 5.74) is 1.91. The van der Waals surface area contributed by atoms with Crippen LogP contribution < -0.4 is 15.0 Å². The molecule has 4 aromatic rings. The summed E-state index contributed by atoms with van der Waals surface area (Å²) < 4.78 is 25.8. The molecule has 1 heterocycles. The molecular formula is C23H19FN2O3S. The molecule has 0 amide bonds. The Morgan fingerprint density at radius 1 is 1.00 bits per heavy atom. The number of aromatic nitrogens is 2. The first-order valence-corrected chi connectivity index (χ1v) is 10.2. The molecule has 0 aliphatic carbocycles. The number of methoxy groups -OCH3 is 2. The molecule has 0 saturated carbocycles. The second-order valence-electron chi connectivity index (χ2n) is 6.51. The van der Waals surface area contributed by atoms with Crippen LogP contribution in [0, 0.1) is 5.82 Å². The third kappa shape index (κ3) is 3.89. The first-order valence-electron chi connectivity index (χ1n) is 9.22. The Balaban J connectivity index is 1.77. The summed E-state index contributed by atoms with van der Waals surface area (Å²) in [4.78, 5) is 18.0. The Hall–Kier alpha value is -3.32. The number of thioether (sulfide) groups is 1. The molecule has 152 valence electrons. The second-order valence-corrected chi connectivity index (χ2v) is 7.45. The highest BCUT2D eigenvalue weighted by atomic mass is 32.2. The zero-order valence-electron chi connectivity index (χ0n) is 16.5. The van der Waals surface area contributed by atoms with Gasteiger partial charge in [-0.3, -0.25) is 9.36 Å². The van der Waals surface area contributed by atoms with Gasteiger partial charge in [-0.25, -0.2) is 9.37 Å². The van der Waals surface area contributed by atoms with Gasteiger partial charge in [-0.1, -0.05) is 30.0 Å². The van der Waals surface area contributed by atoms with Crippen molar-refractivity contribution in [3.05, 3.63) is 88.5 Å². The fourth-order valence-electron chi connectivity index (χ4n) is 3.12. The van der Waals surface area contributed by atoms with Gasteiger partial charge in [-0.05, 0) is 54.1 Å². The van der Waals surface area contributed by atoms with Crippen molar-refractivity contribution in [1.29, 1.82) is 0 Å². The summed E-state index contributed by atoms with van der Waals surface area (Å²) in [5, 5.41) is 1.06. The van der Waals surface area contributed by atoms with E-state index in [1.54, 1.807) is 42.0 Å². The van der Waals surface area contributed by atoms with Crippen LogP contribution in [0.25, 0.3) is 16.6 Å². The normalized spacial score (nSPS) is 10.9. The molecule has 0 aliphatic rings. The van der Waals surface area contributed by atoms with Crippen LogP contribution >= 0.6 is 11.8 Å². The van der Waals surface area contributed by atoms with Crippen molar-refractivity contribution in [2.45, 2.75) is 10.9 Å². The van der Waals surface area contributed by atoms with Gasteiger partial charge < -0.3 is 9.47 Å². The van der Waals surface area contributed by atoms with Crippen LogP contribution in [0.15, 0.2) is 76.7 Å². The van der Waals surface area contributed by atoms with E-state index in [0.717, 1.165) is 5.56 Å². The van der Waals surface area contributed by atoms with E-state index in [9.17, 15) is 9.18 Å². The molecule has 0 N–H and O–H groups in total. The zero-order valence-corrected chi connectivity index (χ0v) is 17.3. The Kier molecular flexibility index (Phi) is 5.72. The Morgan fingerprint density at radius 2 is 1.77 bits per heavy atom. The summed E-state index contributed by atoms with van der Waals surface area (Å²) in [5.74, 6) is 0.919. The van der Waals surface area contributed by atoms with Gasteiger partial charge in [0.05, 0.1) is 30.8 Å². The molecule has 30 heavy (non-hydrogen) atoms. The third-order valence-electron chi connectivity index (χ3n) is 4.66. The first-order chi connectivity index (χ1) is 14.6. The van der Waals surface area contributed by atoms with Crippen molar-refractivity contribution in [3.8, 4) is 17.2 Å². The Bertz CT molecular complexity index is 1260. The monoisotopic (exact) mass is 422 g/mol. The number of hydrogen-bond acceptors (Lipinski definition) is 5. The number of hydrogen-bond donors (Lipinski definition) is 0. The fraction of sp³-hybridized carbons (Fsp3) is 0.130. The fourth-order valence-corrected chi connectivity index (χ4v) is 4.07. The van der Waals surface area contributed by atoms with E-state index in [2.05, 4.69) is 0 Å². The maximum absolute atomic E-state index is 14.0. The molecule has 3 aromatic carbocycles. The molecule has 0 saturated heterocycles. The molecule has 0 atom stereocenters. The van der Waals surface area contributed by atoms with Gasteiger partial charge >= 0.3 is 0 Å². The van der Waals surface area contributed by atoms with Gasteiger partial charge in [0.1, 0.15) is 5.75 Å². The van der Waals surface area contributed by atoms with Crippen molar-refractivity contribution in [1.82, 2.24) is 9.55 Å². The Labute approximate surface area is 177 Å². The Morgan fingerprint density at radius 3 is 2.47 bits per heavy atom. The molecule has 0 unspecified atom stereocenters. The molecular weight excluding hydrogens is 403 g/mol. The lowest BCUT2D eigenvalue weighted by Gasteiger charge is -2.14. The third-order valence-corrected chi connectivity index (χ3v) is 5.67. The van der Waals surface area contributed by atoms with Gasteiger partial charge in [0.2, 0.25) is 0 Å². The molecule has 4 rings (SSSR count). The van der Waals surface area contributed by atoms with Crippen LogP contribution in [0.5, 0.6) is 11.5 Å². The average Bonchev–Trinajstić information content (AvgIpc) is 2.78. The van der Waals surface area contributed by atoms with Crippen molar-refractivity contribution in [3.63, 3.8) is 0 Å². The van der Waals surface area contributed by atoms with Crippen molar-refractivity contribution in [2.75, 3.05) is 14.2 Å². The minimum atomic E-state index is -0.422. The average molecular weight is 422 g/mol. The predicted molar refractivity (Wildman–Crippen MR) is 116 cm³/mol. The minimum Gasteiger partial charge on any atom is -0.497 e. The maximum atomic E-state index is 14.0. The van der Waals surface area contributed by atoms with Gasteiger partial charge in [-0.2, -0.15) is 0 Å². The van der Waals surface area contributed by atoms with E-state index < -0.39 is 5.82 Å².